The number of aromatic nitrogens is 3. The van der Waals surface area contributed by atoms with Gasteiger partial charge in [0, 0.05) is 49.6 Å². The second kappa shape index (κ2) is 15.9. The summed E-state index contributed by atoms with van der Waals surface area (Å²) in [5, 5.41) is 8.30. The van der Waals surface area contributed by atoms with Crippen molar-refractivity contribution in [3.8, 4) is 5.75 Å². The molecule has 4 aromatic rings. The maximum absolute atomic E-state index is 13.5. The van der Waals surface area contributed by atoms with Crippen molar-refractivity contribution in [1.82, 2.24) is 24.3 Å². The number of benzene rings is 2. The van der Waals surface area contributed by atoms with Crippen LogP contribution in [0, 0.1) is 0 Å². The van der Waals surface area contributed by atoms with Crippen molar-refractivity contribution in [2.75, 3.05) is 20.2 Å². The fourth-order valence-electron chi connectivity index (χ4n) is 4.88. The number of esters is 1. The number of halogens is 5. The van der Waals surface area contributed by atoms with Gasteiger partial charge in [-0.1, -0.05) is 23.7 Å². The Bertz CT molecular complexity index is 1930. The number of fused-ring (bicyclic) bond motifs is 3. The molecule has 0 aliphatic rings. The van der Waals surface area contributed by atoms with Gasteiger partial charge in [0.25, 0.3) is 5.56 Å². The lowest BCUT2D eigenvalue weighted by atomic mass is 10.1. The van der Waals surface area contributed by atoms with E-state index in [0.29, 0.717) is 22.9 Å². The van der Waals surface area contributed by atoms with Gasteiger partial charge in [0.2, 0.25) is 5.91 Å². The number of pyridine rings is 1. The number of aryl methyl sites for hydroxylation is 1. The van der Waals surface area contributed by atoms with E-state index in [0.717, 1.165) is 11.5 Å². The lowest BCUT2D eigenvalue weighted by Gasteiger charge is -2.27. The zero-order valence-corrected chi connectivity index (χ0v) is 30.7. The fraction of sp³-hybridized carbons (Fsp3) is 0.387. The largest absolute Gasteiger partial charge is 0.573 e. The quantitative estimate of drug-likeness (QED) is 0.0712. The predicted octanol–water partition coefficient (Wildman–Crippen LogP) is 6.82. The Labute approximate surface area is 298 Å². The first-order valence-electron chi connectivity index (χ1n) is 14.8. The zero-order valence-electron chi connectivity index (χ0n) is 26.8. The smallest absolute Gasteiger partial charge is 0.465 e. The Morgan fingerprint density at radius 3 is 2.47 bits per heavy atom. The van der Waals surface area contributed by atoms with E-state index in [1.807, 2.05) is 0 Å². The third-order valence-electron chi connectivity index (χ3n) is 6.98. The number of hydrogen-bond acceptors (Lipinski definition) is 8. The maximum atomic E-state index is 13.5. The zero-order chi connectivity index (χ0) is 36.1. The number of carbonyl (C=O) groups excluding carboxylic acids is 3. The average molecular weight is 838 g/mol. The summed E-state index contributed by atoms with van der Waals surface area (Å²) in [5.74, 6) is -1.52. The summed E-state index contributed by atoms with van der Waals surface area (Å²) < 4.78 is 55.4. The highest BCUT2D eigenvalue weighted by atomic mass is 127. The summed E-state index contributed by atoms with van der Waals surface area (Å²) in [7, 11) is 1.27. The predicted molar refractivity (Wildman–Crippen MR) is 188 cm³/mol. The molecule has 12 nitrogen and oxygen atoms in total. The summed E-state index contributed by atoms with van der Waals surface area (Å²) in [6, 6.07) is 8.58. The Morgan fingerprint density at radius 1 is 1.10 bits per heavy atom. The maximum Gasteiger partial charge on any atom is 0.573 e. The van der Waals surface area contributed by atoms with Crippen LogP contribution in [0.1, 0.15) is 49.5 Å². The fourth-order valence-corrected chi connectivity index (χ4v) is 6.18. The van der Waals surface area contributed by atoms with Gasteiger partial charge in [-0.25, -0.2) is 14.0 Å². The Hall–Kier alpha value is -3.63. The SMILES string of the molecule is COC(=O)c1ccc2c3cn(PI)nc3c(=O)n(CCCNC(=O)CCN(Cc3ccc(OC(F)(F)F)c(Cl)c3)C(=O)OC(C)(C)C)c2c1. The second-order valence-electron chi connectivity index (χ2n) is 11.8. The molecule has 1 N–H and O–H groups in total. The van der Waals surface area contributed by atoms with Gasteiger partial charge in [-0.3, -0.25) is 9.59 Å². The number of methoxy groups -OCH3 is 1. The monoisotopic (exact) mass is 837 g/mol. The van der Waals surface area contributed by atoms with Crippen LogP contribution >= 0.6 is 40.0 Å². The highest BCUT2D eigenvalue weighted by Crippen LogP contribution is 2.32. The van der Waals surface area contributed by atoms with Crippen molar-refractivity contribution in [3.63, 3.8) is 0 Å². The van der Waals surface area contributed by atoms with Crippen molar-refractivity contribution in [1.29, 1.82) is 0 Å². The number of nitrogens with zero attached hydrogens (tertiary/aromatic N) is 4. The molecule has 2 aromatic carbocycles. The molecule has 2 aromatic heterocycles. The van der Waals surface area contributed by atoms with Crippen LogP contribution in [-0.4, -0.2) is 69.2 Å². The van der Waals surface area contributed by atoms with Crippen molar-refractivity contribution < 1.29 is 41.8 Å². The minimum Gasteiger partial charge on any atom is -0.465 e. The first-order valence-corrected chi connectivity index (χ1v) is 19.2. The van der Waals surface area contributed by atoms with Crippen molar-refractivity contribution in [2.45, 2.75) is 58.7 Å². The number of nitrogens with one attached hydrogen (secondary N) is 1. The topological polar surface area (TPSA) is 134 Å². The Morgan fingerprint density at radius 2 is 1.84 bits per heavy atom. The van der Waals surface area contributed by atoms with Gasteiger partial charge in [0.05, 0.1) is 29.6 Å². The van der Waals surface area contributed by atoms with E-state index in [1.165, 1.54) is 28.7 Å². The number of ether oxygens (including phenoxy) is 3. The molecule has 2 heterocycles. The van der Waals surface area contributed by atoms with E-state index in [-0.39, 0.29) is 66.5 Å². The molecule has 0 saturated heterocycles. The third-order valence-corrected chi connectivity index (χ3v) is 9.17. The molecule has 264 valence electrons. The van der Waals surface area contributed by atoms with Crippen LogP contribution in [0.2, 0.25) is 5.02 Å². The number of amides is 2. The molecular formula is C31H33ClF3IN5O7P. The molecule has 0 fully saturated rings. The number of rotatable bonds is 12. The first kappa shape index (κ1) is 38.2. The molecule has 49 heavy (non-hydrogen) atoms. The van der Waals surface area contributed by atoms with Crippen molar-refractivity contribution >= 4 is 79.8 Å². The minimum atomic E-state index is -4.93. The van der Waals surface area contributed by atoms with Crippen LogP contribution in [0.15, 0.2) is 47.4 Å². The van der Waals surface area contributed by atoms with Crippen molar-refractivity contribution in [3.05, 3.63) is 69.1 Å². The third kappa shape index (κ3) is 10.2. The summed E-state index contributed by atoms with van der Waals surface area (Å²) in [6.45, 7) is 5.24. The summed E-state index contributed by atoms with van der Waals surface area (Å²) in [5.41, 5.74) is 0.292. The van der Waals surface area contributed by atoms with Crippen LogP contribution in [0.25, 0.3) is 21.8 Å². The van der Waals surface area contributed by atoms with Gasteiger partial charge >= 0.3 is 18.4 Å². The Balaban J connectivity index is 1.43. The first-order chi connectivity index (χ1) is 23.0. The molecule has 0 aliphatic heterocycles. The molecule has 0 saturated carbocycles. The van der Waals surface area contributed by atoms with Crippen LogP contribution in [0.4, 0.5) is 18.0 Å². The molecule has 0 bridgehead atoms. The van der Waals surface area contributed by atoms with E-state index in [1.54, 1.807) is 49.6 Å². The lowest BCUT2D eigenvalue weighted by Crippen LogP contribution is -2.39. The number of alkyl halides is 3. The summed E-state index contributed by atoms with van der Waals surface area (Å²) in [6.07, 6.45) is -3.36. The molecule has 2 amide bonds. The highest BCUT2D eigenvalue weighted by Gasteiger charge is 2.32. The molecule has 1 unspecified atom stereocenters. The average Bonchev–Trinajstić information content (AvgIpc) is 3.47. The van der Waals surface area contributed by atoms with Gasteiger partial charge < -0.3 is 29.0 Å². The molecule has 18 heteroatoms. The number of carbonyl (C=O) groups is 3. The number of hydrogen-bond donors (Lipinski definition) is 1. The van der Waals surface area contributed by atoms with E-state index < -0.39 is 29.8 Å². The molecule has 0 spiro atoms. The van der Waals surface area contributed by atoms with Gasteiger partial charge in [-0.05, 0) is 79.1 Å². The summed E-state index contributed by atoms with van der Waals surface area (Å²) >= 11 is 8.15. The van der Waals surface area contributed by atoms with Crippen LogP contribution in [-0.2, 0) is 27.4 Å². The van der Waals surface area contributed by atoms with Gasteiger partial charge in [-0.15, -0.1) is 13.2 Å². The molecule has 0 aliphatic carbocycles. The lowest BCUT2D eigenvalue weighted by molar-refractivity contribution is -0.274. The van der Waals surface area contributed by atoms with E-state index >= 15 is 0 Å². The van der Waals surface area contributed by atoms with Crippen LogP contribution in [0.5, 0.6) is 5.75 Å². The Kier molecular flexibility index (Phi) is 12.4. The van der Waals surface area contributed by atoms with Gasteiger partial charge in [-0.2, -0.15) is 5.10 Å². The molecule has 0 radical (unpaired) electrons. The molecule has 4 rings (SSSR count). The van der Waals surface area contributed by atoms with Crippen LogP contribution < -0.4 is 15.6 Å². The summed E-state index contributed by atoms with van der Waals surface area (Å²) in [4.78, 5) is 52.8. The normalized spacial score (nSPS) is 12.1. The van der Waals surface area contributed by atoms with E-state index in [9.17, 15) is 32.3 Å². The molecular weight excluding hydrogens is 805 g/mol. The van der Waals surface area contributed by atoms with Gasteiger partial charge in [0.15, 0.2) is 5.52 Å². The standard InChI is InChI=1S/C31H33ClF3IN5O7P/c1-30(2,3)48-29(45)39(16-18-6-9-24(22(32)14-18)47-31(33,34)35)13-10-25(42)37-11-5-12-40-23-15-19(28(44)46-4)7-8-20(23)21-17-41(49-36)38-26(21)27(40)43/h6-9,14-15,17,49H,5,10-13,16H2,1-4H3,(H,37,42). The highest BCUT2D eigenvalue weighted by molar-refractivity contribution is 14.2. The van der Waals surface area contributed by atoms with Gasteiger partial charge in [0.1, 0.15) is 11.4 Å². The van der Waals surface area contributed by atoms with E-state index in [2.05, 4.69) is 37.2 Å². The van der Waals surface area contributed by atoms with Crippen molar-refractivity contribution in [2.24, 2.45) is 0 Å². The minimum absolute atomic E-state index is 0.0730. The second-order valence-corrected chi connectivity index (χ2v) is 14.3. The van der Waals surface area contributed by atoms with E-state index in [4.69, 9.17) is 21.1 Å². The van der Waals surface area contributed by atoms with Crippen LogP contribution in [0.3, 0.4) is 0 Å². The molecule has 1 atom stereocenters.